The zero-order valence-corrected chi connectivity index (χ0v) is 24.4. The van der Waals surface area contributed by atoms with E-state index in [1.807, 2.05) is 36.4 Å². The van der Waals surface area contributed by atoms with E-state index in [0.29, 0.717) is 45.1 Å². The smallest absolute Gasteiger partial charge is 0.411 e. The first-order valence-corrected chi connectivity index (χ1v) is 15.4. The highest BCUT2D eigenvalue weighted by Gasteiger charge is 2.56. The number of fused-ring (bicyclic) bond motifs is 3. The zero-order chi connectivity index (χ0) is 29.3. The fourth-order valence-corrected chi connectivity index (χ4v) is 6.84. The number of benzene rings is 1. The summed E-state index contributed by atoms with van der Waals surface area (Å²) in [6.07, 6.45) is 8.88. The van der Waals surface area contributed by atoms with Gasteiger partial charge in [-0.1, -0.05) is 69.4 Å². The minimum absolute atomic E-state index is 0.0117. The van der Waals surface area contributed by atoms with Gasteiger partial charge in [-0.15, -0.1) is 0 Å². The van der Waals surface area contributed by atoms with Crippen LogP contribution in [0.15, 0.2) is 30.3 Å². The van der Waals surface area contributed by atoms with Crippen molar-refractivity contribution in [1.29, 1.82) is 5.26 Å². The highest BCUT2D eigenvalue weighted by molar-refractivity contribution is 5.85. The van der Waals surface area contributed by atoms with Gasteiger partial charge in [-0.3, -0.25) is 14.5 Å². The van der Waals surface area contributed by atoms with E-state index in [9.17, 15) is 24.0 Å². The van der Waals surface area contributed by atoms with Crippen LogP contribution in [0.2, 0.25) is 0 Å². The van der Waals surface area contributed by atoms with Crippen molar-refractivity contribution < 1.29 is 23.5 Å². The number of nitriles is 1. The van der Waals surface area contributed by atoms with Crippen molar-refractivity contribution in [2.24, 2.45) is 5.41 Å². The number of alkyl halides is 1. The Morgan fingerprint density at radius 1 is 1.05 bits per heavy atom. The summed E-state index contributed by atoms with van der Waals surface area (Å²) in [6, 6.07) is 10.5. The SMILES string of the molecule is CCCCCCCCNC(=O)C12CCC(N(CC(=O)N3C[C@@H](F)C[C@H]3C#N)C(=O)OCc3ccccc3)(CC1)CC2. The average molecular weight is 569 g/mol. The Kier molecular flexibility index (Phi) is 10.6. The Balaban J connectivity index is 1.40. The molecule has 3 amide bonds. The first kappa shape index (κ1) is 30.8. The Labute approximate surface area is 243 Å². The van der Waals surface area contributed by atoms with Gasteiger partial charge in [0.15, 0.2) is 0 Å². The van der Waals surface area contributed by atoms with Crippen molar-refractivity contribution in [2.75, 3.05) is 19.6 Å². The lowest BCUT2D eigenvalue weighted by Gasteiger charge is -2.56. The van der Waals surface area contributed by atoms with Crippen molar-refractivity contribution in [3.63, 3.8) is 0 Å². The number of hydrogen-bond donors (Lipinski definition) is 1. The molecule has 5 rings (SSSR count). The van der Waals surface area contributed by atoms with Crippen LogP contribution in [0.4, 0.5) is 9.18 Å². The van der Waals surface area contributed by atoms with E-state index in [1.165, 1.54) is 35.5 Å². The maximum absolute atomic E-state index is 14.1. The number of likely N-dealkylation sites (tertiary alicyclic amines) is 1. The van der Waals surface area contributed by atoms with Gasteiger partial charge < -0.3 is 15.0 Å². The molecule has 3 saturated carbocycles. The summed E-state index contributed by atoms with van der Waals surface area (Å²) < 4.78 is 19.8. The van der Waals surface area contributed by atoms with Crippen LogP contribution in [0.1, 0.15) is 96.0 Å². The van der Waals surface area contributed by atoms with Crippen molar-refractivity contribution in [3.8, 4) is 6.07 Å². The van der Waals surface area contributed by atoms with Gasteiger partial charge in [0.05, 0.1) is 12.6 Å². The Morgan fingerprint density at radius 2 is 1.71 bits per heavy atom. The zero-order valence-electron chi connectivity index (χ0n) is 24.4. The first-order valence-electron chi connectivity index (χ1n) is 15.4. The second-order valence-electron chi connectivity index (χ2n) is 12.2. The molecule has 8 nitrogen and oxygen atoms in total. The number of unbranched alkanes of at least 4 members (excludes halogenated alkanes) is 5. The van der Waals surface area contributed by atoms with Crippen LogP contribution in [0.25, 0.3) is 0 Å². The number of rotatable bonds is 13. The molecule has 1 aromatic carbocycles. The summed E-state index contributed by atoms with van der Waals surface area (Å²) in [5.41, 5.74) is -0.209. The van der Waals surface area contributed by atoms with E-state index in [-0.39, 0.29) is 32.0 Å². The number of hydrogen-bond acceptors (Lipinski definition) is 5. The van der Waals surface area contributed by atoms with Crippen molar-refractivity contribution in [1.82, 2.24) is 15.1 Å². The van der Waals surface area contributed by atoms with E-state index < -0.39 is 35.2 Å². The second-order valence-corrected chi connectivity index (χ2v) is 12.2. The van der Waals surface area contributed by atoms with Crippen LogP contribution in [0, 0.1) is 16.7 Å². The standard InChI is InChI=1S/C32H45FN4O4/c1-2-3-4-5-6-10-19-35-29(39)31-13-16-32(17-14-31,18-15-31)37(30(40)41-24-25-11-8-7-9-12-25)23-28(38)36-22-26(33)20-27(36)21-34/h7-9,11-12,26-27H,2-6,10,13-20,22-24H2,1H3,(H,35,39)/t26-,27-,31?,32?/m0/s1. The van der Waals surface area contributed by atoms with Crippen LogP contribution >= 0.6 is 0 Å². The van der Waals surface area contributed by atoms with Gasteiger partial charge in [-0.2, -0.15) is 5.26 Å². The molecule has 1 heterocycles. The van der Waals surface area contributed by atoms with E-state index in [2.05, 4.69) is 12.2 Å². The molecule has 1 aliphatic heterocycles. The summed E-state index contributed by atoms with van der Waals surface area (Å²) in [6.45, 7) is 2.55. The third kappa shape index (κ3) is 7.38. The van der Waals surface area contributed by atoms with E-state index >= 15 is 0 Å². The van der Waals surface area contributed by atoms with Gasteiger partial charge in [0.2, 0.25) is 11.8 Å². The number of halogens is 1. The molecule has 4 aliphatic rings. The van der Waals surface area contributed by atoms with Gasteiger partial charge in [0.25, 0.3) is 0 Å². The van der Waals surface area contributed by atoms with Gasteiger partial charge in [0, 0.05) is 23.9 Å². The molecule has 0 unspecified atom stereocenters. The summed E-state index contributed by atoms with van der Waals surface area (Å²) in [5, 5.41) is 12.6. The molecule has 1 saturated heterocycles. The quantitative estimate of drug-likeness (QED) is 0.310. The van der Waals surface area contributed by atoms with Gasteiger partial charge in [-0.05, 0) is 50.5 Å². The summed E-state index contributed by atoms with van der Waals surface area (Å²) >= 11 is 0. The largest absolute Gasteiger partial charge is 0.445 e. The lowest BCUT2D eigenvalue weighted by Crippen LogP contribution is -2.63. The third-order valence-electron chi connectivity index (χ3n) is 9.52. The lowest BCUT2D eigenvalue weighted by atomic mass is 9.56. The van der Waals surface area contributed by atoms with Crippen LogP contribution in [-0.2, 0) is 20.9 Å². The molecule has 4 fully saturated rings. The second kappa shape index (κ2) is 14.2. The number of amides is 3. The lowest BCUT2D eigenvalue weighted by molar-refractivity contribution is -0.145. The topological polar surface area (TPSA) is 103 Å². The number of nitrogens with one attached hydrogen (secondary N) is 1. The maximum Gasteiger partial charge on any atom is 0.411 e. The van der Waals surface area contributed by atoms with E-state index in [1.54, 1.807) is 0 Å². The predicted molar refractivity (Wildman–Crippen MR) is 153 cm³/mol. The molecular formula is C32H45FN4O4. The highest BCUT2D eigenvalue weighted by atomic mass is 19.1. The molecule has 0 radical (unpaired) electrons. The summed E-state index contributed by atoms with van der Waals surface area (Å²) in [5.74, 6) is -0.335. The average Bonchev–Trinajstić information content (AvgIpc) is 3.40. The van der Waals surface area contributed by atoms with Crippen molar-refractivity contribution >= 4 is 17.9 Å². The molecule has 3 aliphatic carbocycles. The number of carbonyl (C=O) groups excluding carboxylic acids is 3. The number of carbonyl (C=O) groups is 3. The molecule has 0 spiro atoms. The fraction of sp³-hybridized carbons (Fsp3) is 0.688. The summed E-state index contributed by atoms with van der Waals surface area (Å²) in [4.78, 5) is 43.0. The number of nitrogens with zero attached hydrogens (tertiary/aromatic N) is 3. The van der Waals surface area contributed by atoms with Crippen LogP contribution in [0.3, 0.4) is 0 Å². The fourth-order valence-electron chi connectivity index (χ4n) is 6.84. The number of ether oxygens (including phenoxy) is 1. The third-order valence-corrected chi connectivity index (χ3v) is 9.52. The molecule has 9 heteroatoms. The molecule has 1 N–H and O–H groups in total. The normalized spacial score (nSPS) is 26.8. The Bertz CT molecular complexity index is 1070. The van der Waals surface area contributed by atoms with E-state index in [0.717, 1.165) is 18.4 Å². The predicted octanol–water partition coefficient (Wildman–Crippen LogP) is 5.66. The molecule has 0 aromatic heterocycles. The van der Waals surface area contributed by atoms with Gasteiger partial charge in [0.1, 0.15) is 25.4 Å². The van der Waals surface area contributed by atoms with Crippen LogP contribution < -0.4 is 5.32 Å². The molecule has 224 valence electrons. The van der Waals surface area contributed by atoms with Gasteiger partial charge in [-0.25, -0.2) is 9.18 Å². The van der Waals surface area contributed by atoms with Crippen molar-refractivity contribution in [3.05, 3.63) is 35.9 Å². The minimum Gasteiger partial charge on any atom is -0.445 e. The Hall–Kier alpha value is -3.15. The summed E-state index contributed by atoms with van der Waals surface area (Å²) in [7, 11) is 0. The molecule has 2 atom stereocenters. The first-order chi connectivity index (χ1) is 19.8. The highest BCUT2D eigenvalue weighted by Crippen LogP contribution is 2.55. The minimum atomic E-state index is -1.25. The van der Waals surface area contributed by atoms with Crippen molar-refractivity contribution in [2.45, 2.75) is 115 Å². The van der Waals surface area contributed by atoms with Crippen LogP contribution in [0.5, 0.6) is 0 Å². The van der Waals surface area contributed by atoms with Crippen LogP contribution in [-0.4, -0.2) is 65.1 Å². The molecule has 2 bridgehead atoms. The maximum atomic E-state index is 14.1. The monoisotopic (exact) mass is 568 g/mol. The van der Waals surface area contributed by atoms with E-state index in [4.69, 9.17) is 4.74 Å². The molecule has 41 heavy (non-hydrogen) atoms. The molecule has 1 aromatic rings. The molecular weight excluding hydrogens is 523 g/mol. The Morgan fingerprint density at radius 3 is 2.37 bits per heavy atom. The van der Waals surface area contributed by atoms with Gasteiger partial charge >= 0.3 is 6.09 Å².